The molecule has 4 rings (SSSR count). The smallest absolute Gasteiger partial charge is 0.419 e. The van der Waals surface area contributed by atoms with Gasteiger partial charge in [0, 0.05) is 9.79 Å². The molecule has 0 aromatic heterocycles. The second-order valence-electron chi connectivity index (χ2n) is 6.62. The molecule has 1 saturated heterocycles. The van der Waals surface area contributed by atoms with Crippen molar-refractivity contribution < 1.29 is 9.53 Å². The first-order valence-electron chi connectivity index (χ1n) is 9.34. The van der Waals surface area contributed by atoms with Gasteiger partial charge in [-0.1, -0.05) is 54.3 Å². The highest BCUT2D eigenvalue weighted by molar-refractivity contribution is 7.99. The van der Waals surface area contributed by atoms with Crippen LogP contribution in [0.5, 0.6) is 0 Å². The van der Waals surface area contributed by atoms with Crippen LogP contribution in [0.25, 0.3) is 0 Å². The van der Waals surface area contributed by atoms with Gasteiger partial charge in [0.1, 0.15) is 0 Å². The number of hydrogen-bond acceptors (Lipinski definition) is 4. The van der Waals surface area contributed by atoms with Gasteiger partial charge in [0.2, 0.25) is 0 Å². The Labute approximate surface area is 176 Å². The number of amides is 1. The number of anilines is 2. The fraction of sp³-hybridized carbons (Fsp3) is 0.318. The normalized spacial score (nSPS) is 15.4. The molecule has 4 nitrogen and oxygen atoms in total. The zero-order chi connectivity index (χ0) is 18.5. The van der Waals surface area contributed by atoms with E-state index in [1.807, 2.05) is 48.5 Å². The van der Waals surface area contributed by atoms with Crippen LogP contribution in [-0.2, 0) is 4.74 Å². The minimum atomic E-state index is -0.387. The molecule has 0 atom stereocenters. The van der Waals surface area contributed by atoms with Crippen molar-refractivity contribution in [1.29, 1.82) is 0 Å². The fourth-order valence-electron chi connectivity index (χ4n) is 3.40. The number of fused-ring (bicyclic) bond motifs is 2. The average Bonchev–Trinajstić information content (AvgIpc) is 2.72. The lowest BCUT2D eigenvalue weighted by Gasteiger charge is -2.29. The summed E-state index contributed by atoms with van der Waals surface area (Å²) in [5.41, 5.74) is 1.71. The lowest BCUT2D eigenvalue weighted by molar-refractivity contribution is 0.170. The molecule has 0 radical (unpaired) electrons. The maximum Gasteiger partial charge on any atom is 0.419 e. The summed E-state index contributed by atoms with van der Waals surface area (Å²) >= 11 is 1.67. The van der Waals surface area contributed by atoms with E-state index in [-0.39, 0.29) is 25.1 Å². The number of likely N-dealkylation sites (tertiary alicyclic amines) is 1. The number of carbonyl (C=O) groups excluding carboxylic acids is 1. The van der Waals surface area contributed by atoms with Crippen LogP contribution in [0.1, 0.15) is 19.3 Å². The molecule has 146 valence electrons. The highest BCUT2D eigenvalue weighted by atomic mass is 35.5. The van der Waals surface area contributed by atoms with Crippen molar-refractivity contribution >= 4 is 41.6 Å². The Hall–Kier alpha value is -2.13. The first-order valence-corrected chi connectivity index (χ1v) is 10.2. The molecule has 2 aliphatic heterocycles. The van der Waals surface area contributed by atoms with Crippen molar-refractivity contribution in [2.45, 2.75) is 29.1 Å². The summed E-state index contributed by atoms with van der Waals surface area (Å²) in [6.45, 7) is 3.10. The van der Waals surface area contributed by atoms with Gasteiger partial charge in [-0.2, -0.15) is 0 Å². The monoisotopic (exact) mass is 414 g/mol. The van der Waals surface area contributed by atoms with E-state index in [1.165, 1.54) is 19.3 Å². The van der Waals surface area contributed by atoms with Gasteiger partial charge in [0.05, 0.1) is 17.9 Å². The van der Waals surface area contributed by atoms with Crippen LogP contribution in [0.15, 0.2) is 58.3 Å². The minimum absolute atomic E-state index is 0. The van der Waals surface area contributed by atoms with Crippen molar-refractivity contribution in [2.24, 2.45) is 0 Å². The molecule has 0 unspecified atom stereocenters. The van der Waals surface area contributed by atoms with Crippen molar-refractivity contribution in [1.82, 2.24) is 4.90 Å². The summed E-state index contributed by atoms with van der Waals surface area (Å²) in [6.07, 6.45) is 3.44. The molecule has 2 aromatic carbocycles. The molecular formula is C22H23ClN2O2S. The molecule has 2 aromatic rings. The summed E-state index contributed by atoms with van der Waals surface area (Å²) in [7, 11) is 0. The van der Waals surface area contributed by atoms with E-state index < -0.39 is 0 Å². The summed E-state index contributed by atoms with van der Waals surface area (Å²) < 4.78 is 5.47. The fourth-order valence-corrected chi connectivity index (χ4v) is 4.46. The van der Waals surface area contributed by atoms with Crippen LogP contribution in [0.3, 0.4) is 0 Å². The van der Waals surface area contributed by atoms with Crippen molar-refractivity contribution in [3.8, 4) is 11.8 Å². The van der Waals surface area contributed by atoms with Crippen LogP contribution in [0.4, 0.5) is 16.2 Å². The molecule has 2 heterocycles. The Morgan fingerprint density at radius 2 is 1.54 bits per heavy atom. The summed E-state index contributed by atoms with van der Waals surface area (Å²) in [5.74, 6) is 6.11. The van der Waals surface area contributed by atoms with Crippen LogP contribution < -0.4 is 4.90 Å². The van der Waals surface area contributed by atoms with Gasteiger partial charge in [-0.3, -0.25) is 4.90 Å². The molecule has 6 heteroatoms. The Balaban J connectivity index is 0.00000225. The molecule has 0 aliphatic carbocycles. The number of halogens is 1. The molecule has 2 aliphatic rings. The van der Waals surface area contributed by atoms with E-state index in [2.05, 4.69) is 16.7 Å². The first kappa shape index (κ1) is 20.6. The zero-order valence-corrected chi connectivity index (χ0v) is 17.2. The third-order valence-electron chi connectivity index (χ3n) is 4.76. The molecule has 0 saturated carbocycles. The predicted molar refractivity (Wildman–Crippen MR) is 116 cm³/mol. The quantitative estimate of drug-likeness (QED) is 0.621. The third-order valence-corrected chi connectivity index (χ3v) is 5.89. The van der Waals surface area contributed by atoms with Gasteiger partial charge in [0.25, 0.3) is 0 Å². The van der Waals surface area contributed by atoms with E-state index in [0.29, 0.717) is 0 Å². The summed E-state index contributed by atoms with van der Waals surface area (Å²) in [5, 5.41) is 0. The van der Waals surface area contributed by atoms with E-state index in [1.54, 1.807) is 16.7 Å². The molecule has 28 heavy (non-hydrogen) atoms. The van der Waals surface area contributed by atoms with Crippen LogP contribution in [0.2, 0.25) is 0 Å². The van der Waals surface area contributed by atoms with Crippen LogP contribution in [-0.4, -0.2) is 37.2 Å². The number of rotatable bonds is 2. The molecule has 0 spiro atoms. The number of hydrogen-bond donors (Lipinski definition) is 0. The average molecular weight is 415 g/mol. The topological polar surface area (TPSA) is 32.8 Å². The Kier molecular flexibility index (Phi) is 7.27. The van der Waals surface area contributed by atoms with Gasteiger partial charge >= 0.3 is 6.09 Å². The number of para-hydroxylation sites is 2. The highest BCUT2D eigenvalue weighted by Gasteiger charge is 2.28. The second-order valence-corrected chi connectivity index (χ2v) is 7.70. The third kappa shape index (κ3) is 4.64. The van der Waals surface area contributed by atoms with E-state index in [4.69, 9.17) is 4.74 Å². The largest absolute Gasteiger partial charge is 0.436 e. The maximum absolute atomic E-state index is 12.8. The number of nitrogens with zero attached hydrogens (tertiary/aromatic N) is 2. The van der Waals surface area contributed by atoms with Crippen molar-refractivity contribution in [2.75, 3.05) is 31.1 Å². The SMILES string of the molecule is Cl.O=C(OCC#CCN1CCCCC1)N1c2ccccc2Sc2ccccc21. The van der Waals surface area contributed by atoms with Crippen molar-refractivity contribution in [3.63, 3.8) is 0 Å². The Morgan fingerprint density at radius 1 is 0.929 bits per heavy atom. The van der Waals surface area contributed by atoms with Crippen LogP contribution in [0, 0.1) is 11.8 Å². The van der Waals surface area contributed by atoms with Gasteiger partial charge in [-0.05, 0) is 50.2 Å². The number of piperidine rings is 1. The van der Waals surface area contributed by atoms with Gasteiger partial charge < -0.3 is 4.74 Å². The number of benzene rings is 2. The van der Waals surface area contributed by atoms with Crippen LogP contribution >= 0.6 is 24.2 Å². The molecular weight excluding hydrogens is 392 g/mol. The highest BCUT2D eigenvalue weighted by Crippen LogP contribution is 2.47. The molecule has 0 N–H and O–H groups in total. The van der Waals surface area contributed by atoms with Gasteiger partial charge in [-0.15, -0.1) is 12.4 Å². The van der Waals surface area contributed by atoms with E-state index in [9.17, 15) is 4.79 Å². The first-order chi connectivity index (χ1) is 13.3. The zero-order valence-electron chi connectivity index (χ0n) is 15.6. The Bertz CT molecular complexity index is 842. The number of ether oxygens (including phenoxy) is 1. The Morgan fingerprint density at radius 3 is 2.18 bits per heavy atom. The molecule has 0 bridgehead atoms. The lowest BCUT2D eigenvalue weighted by atomic mass is 10.1. The minimum Gasteiger partial charge on any atom is -0.436 e. The second kappa shape index (κ2) is 9.88. The summed E-state index contributed by atoms with van der Waals surface area (Å²) in [4.78, 5) is 18.9. The predicted octanol–water partition coefficient (Wildman–Crippen LogP) is 5.34. The lowest BCUT2D eigenvalue weighted by Crippen LogP contribution is -2.30. The molecule has 1 amide bonds. The van der Waals surface area contributed by atoms with Gasteiger partial charge in [-0.25, -0.2) is 9.69 Å². The van der Waals surface area contributed by atoms with Crippen molar-refractivity contribution in [3.05, 3.63) is 48.5 Å². The number of carbonyl (C=O) groups is 1. The standard InChI is InChI=1S/C22H22N2O2S.ClH/c25-22(26-17-9-8-16-23-14-6-1-7-15-23)24-18-10-2-4-12-20(18)27-21-13-5-3-11-19(21)24;/h2-5,10-13H,1,6-7,14-17H2;1H. The van der Waals surface area contributed by atoms with Gasteiger partial charge in [0.15, 0.2) is 6.61 Å². The van der Waals surface area contributed by atoms with E-state index in [0.717, 1.165) is 40.8 Å². The maximum atomic E-state index is 12.8. The molecule has 1 fully saturated rings. The van der Waals surface area contributed by atoms with E-state index >= 15 is 0 Å². The summed E-state index contributed by atoms with van der Waals surface area (Å²) in [6, 6.07) is 15.8.